The van der Waals surface area contributed by atoms with Crippen molar-refractivity contribution < 1.29 is 19.2 Å². The van der Waals surface area contributed by atoms with Crippen LogP contribution in [-0.4, -0.2) is 45.1 Å². The van der Waals surface area contributed by atoms with Crippen LogP contribution in [0.3, 0.4) is 0 Å². The van der Waals surface area contributed by atoms with Gasteiger partial charge in [0.15, 0.2) is 5.84 Å². The van der Waals surface area contributed by atoms with Gasteiger partial charge in [-0.2, -0.15) is 15.1 Å². The molecule has 0 fully saturated rings. The summed E-state index contributed by atoms with van der Waals surface area (Å²) >= 11 is 1.33. The fraction of sp³-hybridized carbons (Fsp3) is 0.250. The number of hydrogen-bond donors (Lipinski definition) is 1. The normalized spacial score (nSPS) is 16.3. The zero-order chi connectivity index (χ0) is 24.9. The maximum atomic E-state index is 12.6. The summed E-state index contributed by atoms with van der Waals surface area (Å²) in [5, 5.41) is 26.3. The summed E-state index contributed by atoms with van der Waals surface area (Å²) in [4.78, 5) is 27.0. The van der Waals surface area contributed by atoms with Gasteiger partial charge in [0.05, 0.1) is 10.5 Å². The Balaban J connectivity index is 1.37. The smallest absolute Gasteiger partial charge is 0.283 e. The van der Waals surface area contributed by atoms with Crippen molar-refractivity contribution >= 4 is 45.5 Å². The zero-order valence-electron chi connectivity index (χ0n) is 19.1. The third-order valence-electron chi connectivity index (χ3n) is 4.92. The third kappa shape index (κ3) is 5.93. The Morgan fingerprint density at radius 3 is 2.54 bits per heavy atom. The number of hydrazone groups is 1. The van der Waals surface area contributed by atoms with Gasteiger partial charge in [-0.05, 0) is 53.6 Å². The molecule has 11 heteroatoms. The van der Waals surface area contributed by atoms with E-state index in [2.05, 4.69) is 23.9 Å². The number of benzene rings is 2. The Morgan fingerprint density at radius 2 is 1.86 bits per heavy atom. The lowest BCUT2D eigenvalue weighted by molar-refractivity contribution is -0.384. The molecule has 0 aromatic heterocycles. The molecule has 0 saturated heterocycles. The molecule has 10 nitrogen and oxygen atoms in total. The number of non-ortho nitro benzene ring substituents is 1. The first-order valence-corrected chi connectivity index (χ1v) is 11.7. The lowest BCUT2D eigenvalue weighted by Crippen LogP contribution is -2.35. The Kier molecular flexibility index (Phi) is 7.25. The van der Waals surface area contributed by atoms with Crippen LogP contribution >= 0.6 is 11.8 Å². The van der Waals surface area contributed by atoms with Gasteiger partial charge in [-0.15, -0.1) is 0 Å². The van der Waals surface area contributed by atoms with Gasteiger partial charge in [0.1, 0.15) is 29.8 Å². The lowest BCUT2D eigenvalue weighted by atomic mass is 10.1. The zero-order valence-corrected chi connectivity index (χ0v) is 19.9. The second-order valence-corrected chi connectivity index (χ2v) is 9.17. The highest BCUT2D eigenvalue weighted by Gasteiger charge is 2.35. The van der Waals surface area contributed by atoms with Crippen LogP contribution in [0.1, 0.15) is 25.8 Å². The van der Waals surface area contributed by atoms with E-state index in [1.807, 2.05) is 0 Å². The number of aliphatic imine (C=N–C) groups is 1. The first-order chi connectivity index (χ1) is 16.8. The first-order valence-electron chi connectivity index (χ1n) is 10.9. The molecule has 0 atom stereocenters. The molecule has 2 aliphatic rings. The maximum absolute atomic E-state index is 12.6. The van der Waals surface area contributed by atoms with E-state index in [1.165, 1.54) is 41.0 Å². The monoisotopic (exact) mass is 493 g/mol. The van der Waals surface area contributed by atoms with Crippen molar-refractivity contribution in [2.75, 3.05) is 13.2 Å². The first kappa shape index (κ1) is 24.1. The van der Waals surface area contributed by atoms with Crippen molar-refractivity contribution in [3.05, 3.63) is 69.8 Å². The number of fused-ring (bicyclic) bond motifs is 1. The topological polar surface area (TPSA) is 130 Å². The van der Waals surface area contributed by atoms with Gasteiger partial charge in [-0.1, -0.05) is 26.0 Å². The fourth-order valence-electron chi connectivity index (χ4n) is 3.31. The average Bonchev–Trinajstić information content (AvgIpc) is 3.21. The van der Waals surface area contributed by atoms with Crippen molar-refractivity contribution in [2.45, 2.75) is 20.3 Å². The number of rotatable bonds is 9. The van der Waals surface area contributed by atoms with Crippen LogP contribution in [-0.2, 0) is 4.79 Å². The minimum Gasteiger partial charge on any atom is -0.490 e. The molecule has 0 unspecified atom stereocenters. The summed E-state index contributed by atoms with van der Waals surface area (Å²) in [5.41, 5.74) is 0.837. The number of amidine groups is 2. The van der Waals surface area contributed by atoms with Crippen LogP contribution in [0.25, 0.3) is 6.08 Å². The van der Waals surface area contributed by atoms with Crippen molar-refractivity contribution in [1.82, 2.24) is 5.01 Å². The number of nitrogens with one attached hydrogen (secondary N) is 1. The van der Waals surface area contributed by atoms with E-state index in [1.54, 1.807) is 30.3 Å². The molecule has 2 aromatic carbocycles. The SMILES string of the molecule is CC(C)CC1=NN2C(=N)C(=Cc3cccc(OCCOc4ccc([N+](=O)[O-])cc4)c3)C(=O)N=C2S1. The van der Waals surface area contributed by atoms with Crippen LogP contribution in [0.5, 0.6) is 11.5 Å². The summed E-state index contributed by atoms with van der Waals surface area (Å²) in [6.07, 6.45) is 2.36. The van der Waals surface area contributed by atoms with E-state index in [0.717, 1.165) is 11.5 Å². The van der Waals surface area contributed by atoms with Gasteiger partial charge >= 0.3 is 0 Å². The molecule has 180 valence electrons. The molecule has 0 radical (unpaired) electrons. The standard InChI is InChI=1S/C24H23N5O5S/c1-15(2)12-21-27-28-22(25)20(23(30)26-24(28)35-21)14-16-4-3-5-19(13-16)34-11-10-33-18-8-6-17(7-9-18)29(31)32/h3-9,13-15,25H,10-12H2,1-2H3. The number of thioether (sulfide) groups is 1. The van der Waals surface area contributed by atoms with Gasteiger partial charge in [0.2, 0.25) is 5.17 Å². The molecule has 4 rings (SSSR count). The number of nitrogens with zero attached hydrogens (tertiary/aromatic N) is 4. The molecule has 0 spiro atoms. The number of nitro groups is 1. The summed E-state index contributed by atoms with van der Waals surface area (Å²) in [7, 11) is 0. The highest BCUT2D eigenvalue weighted by Crippen LogP contribution is 2.30. The molecule has 0 saturated carbocycles. The van der Waals surface area contributed by atoms with Crippen molar-refractivity contribution in [3.8, 4) is 11.5 Å². The number of carbonyl (C=O) groups excluding carboxylic acids is 1. The molecule has 0 aliphatic carbocycles. The van der Waals surface area contributed by atoms with E-state index < -0.39 is 10.8 Å². The number of nitro benzene ring substituents is 1. The highest BCUT2D eigenvalue weighted by molar-refractivity contribution is 8.26. The molecule has 2 aromatic rings. The van der Waals surface area contributed by atoms with Crippen LogP contribution in [0, 0.1) is 21.4 Å². The molecular weight excluding hydrogens is 470 g/mol. The fourth-order valence-corrected chi connectivity index (χ4v) is 4.40. The van der Waals surface area contributed by atoms with Crippen molar-refractivity contribution in [1.29, 1.82) is 5.41 Å². The van der Waals surface area contributed by atoms with E-state index in [4.69, 9.17) is 14.9 Å². The summed E-state index contributed by atoms with van der Waals surface area (Å²) in [6, 6.07) is 12.9. The number of ether oxygens (including phenoxy) is 2. The van der Waals surface area contributed by atoms with E-state index in [0.29, 0.717) is 28.1 Å². The van der Waals surface area contributed by atoms with E-state index >= 15 is 0 Å². The quantitative estimate of drug-likeness (QED) is 0.231. The molecule has 0 bridgehead atoms. The van der Waals surface area contributed by atoms with Gasteiger partial charge in [-0.3, -0.25) is 20.3 Å². The third-order valence-corrected chi connectivity index (χ3v) is 5.85. The lowest BCUT2D eigenvalue weighted by Gasteiger charge is -2.20. The van der Waals surface area contributed by atoms with Crippen molar-refractivity contribution in [3.63, 3.8) is 0 Å². The Hall–Kier alpha value is -3.99. The average molecular weight is 494 g/mol. The Morgan fingerprint density at radius 1 is 1.14 bits per heavy atom. The largest absolute Gasteiger partial charge is 0.490 e. The van der Waals surface area contributed by atoms with Crippen LogP contribution in [0.2, 0.25) is 0 Å². The van der Waals surface area contributed by atoms with Crippen LogP contribution in [0.15, 0.2) is 64.2 Å². The van der Waals surface area contributed by atoms with E-state index in [-0.39, 0.29) is 30.3 Å². The van der Waals surface area contributed by atoms with Gasteiger partial charge in [-0.25, -0.2) is 0 Å². The number of hydrogen-bond acceptors (Lipinski definition) is 8. The number of carbonyl (C=O) groups is 1. The molecule has 35 heavy (non-hydrogen) atoms. The molecular formula is C24H23N5O5S. The number of amides is 1. The van der Waals surface area contributed by atoms with Gasteiger partial charge in [0.25, 0.3) is 11.6 Å². The summed E-state index contributed by atoms with van der Waals surface area (Å²) in [6.45, 7) is 4.66. The Bertz CT molecular complexity index is 1250. The minimum absolute atomic E-state index is 0.00253. The van der Waals surface area contributed by atoms with Gasteiger partial charge < -0.3 is 9.47 Å². The second kappa shape index (κ2) is 10.5. The summed E-state index contributed by atoms with van der Waals surface area (Å²) in [5.74, 6) is 1.00. The van der Waals surface area contributed by atoms with Gasteiger partial charge in [0, 0.05) is 18.6 Å². The molecule has 1 amide bonds. The summed E-state index contributed by atoms with van der Waals surface area (Å²) < 4.78 is 11.3. The molecule has 2 heterocycles. The van der Waals surface area contributed by atoms with Crippen LogP contribution < -0.4 is 9.47 Å². The maximum Gasteiger partial charge on any atom is 0.283 e. The highest BCUT2D eigenvalue weighted by atomic mass is 32.2. The molecule has 1 N–H and O–H groups in total. The Labute approximate surface area is 206 Å². The molecule has 2 aliphatic heterocycles. The van der Waals surface area contributed by atoms with Crippen molar-refractivity contribution in [2.24, 2.45) is 16.0 Å². The predicted octanol–water partition coefficient (Wildman–Crippen LogP) is 4.72. The minimum atomic E-state index is -0.474. The van der Waals surface area contributed by atoms with Crippen LogP contribution in [0.4, 0.5) is 5.69 Å². The predicted molar refractivity (Wildman–Crippen MR) is 135 cm³/mol. The van der Waals surface area contributed by atoms with E-state index in [9.17, 15) is 14.9 Å². The second-order valence-electron chi connectivity index (χ2n) is 8.13.